The molecule has 2 rings (SSSR count). The molecule has 1 aliphatic heterocycles. The molecule has 1 fully saturated rings. The number of aliphatic hydroxyl groups is 1. The molecule has 3 N–H and O–H groups in total. The zero-order valence-electron chi connectivity index (χ0n) is 12.4. The monoisotopic (exact) mass is 312 g/mol. The number of benzene rings is 1. The number of likely N-dealkylation sites (tertiary alicyclic amines) is 1. The number of rotatable bonds is 7. The van der Waals surface area contributed by atoms with E-state index in [0.717, 1.165) is 49.5 Å². The van der Waals surface area contributed by atoms with Crippen LogP contribution in [-0.4, -0.2) is 49.0 Å². The Morgan fingerprint density at radius 2 is 2.14 bits per heavy atom. The van der Waals surface area contributed by atoms with Crippen LogP contribution in [0.25, 0.3) is 0 Å². The molecule has 0 spiro atoms. The lowest BCUT2D eigenvalue weighted by atomic mass is 10.0. The molecular weight excluding hydrogens is 288 g/mol. The maximum Gasteiger partial charge on any atom is 0.0701 e. The second-order valence-electron chi connectivity index (χ2n) is 5.59. The number of piperidine rings is 1. The van der Waals surface area contributed by atoms with Gasteiger partial charge in [0.2, 0.25) is 0 Å². The van der Waals surface area contributed by atoms with E-state index in [1.54, 1.807) is 0 Å². The predicted molar refractivity (Wildman–Crippen MR) is 85.5 cm³/mol. The van der Waals surface area contributed by atoms with E-state index >= 15 is 0 Å². The molecule has 1 unspecified atom stereocenters. The van der Waals surface area contributed by atoms with Crippen LogP contribution in [0.1, 0.15) is 30.9 Å². The third-order valence-electron chi connectivity index (χ3n) is 4.01. The number of hydrogen-bond donors (Lipinski definition) is 2. The van der Waals surface area contributed by atoms with E-state index in [0.29, 0.717) is 12.7 Å². The van der Waals surface area contributed by atoms with Crippen LogP contribution >= 0.6 is 11.6 Å². The van der Waals surface area contributed by atoms with Crippen LogP contribution in [0.3, 0.4) is 0 Å². The summed E-state index contributed by atoms with van der Waals surface area (Å²) in [4.78, 5) is 2.43. The van der Waals surface area contributed by atoms with Crippen molar-refractivity contribution in [3.05, 3.63) is 34.9 Å². The average molecular weight is 313 g/mol. The zero-order valence-corrected chi connectivity index (χ0v) is 13.1. The highest BCUT2D eigenvalue weighted by molar-refractivity contribution is 6.30. The number of nitrogens with two attached hydrogens (primary N) is 1. The van der Waals surface area contributed by atoms with Crippen molar-refractivity contribution >= 4 is 11.6 Å². The minimum atomic E-state index is 0.0343. The summed E-state index contributed by atoms with van der Waals surface area (Å²) >= 11 is 6.00. The topological polar surface area (TPSA) is 58.7 Å². The van der Waals surface area contributed by atoms with Gasteiger partial charge in [-0.15, -0.1) is 0 Å². The molecule has 4 nitrogen and oxygen atoms in total. The fourth-order valence-electron chi connectivity index (χ4n) is 2.74. The van der Waals surface area contributed by atoms with Crippen LogP contribution in [0.5, 0.6) is 0 Å². The predicted octanol–water partition coefficient (Wildman–Crippen LogP) is 2.20. The number of aliphatic hydroxyl groups excluding tert-OH is 1. The van der Waals surface area contributed by atoms with Gasteiger partial charge >= 0.3 is 0 Å². The van der Waals surface area contributed by atoms with Gasteiger partial charge < -0.3 is 20.5 Å². The van der Waals surface area contributed by atoms with Crippen molar-refractivity contribution in [1.82, 2.24) is 4.90 Å². The van der Waals surface area contributed by atoms with Gasteiger partial charge in [0.15, 0.2) is 0 Å². The Labute approximate surface area is 131 Å². The zero-order chi connectivity index (χ0) is 15.1. The number of nitrogens with zero attached hydrogens (tertiary/aromatic N) is 1. The van der Waals surface area contributed by atoms with Crippen molar-refractivity contribution in [3.63, 3.8) is 0 Å². The van der Waals surface area contributed by atoms with Crippen molar-refractivity contribution in [3.8, 4) is 0 Å². The Kier molecular flexibility index (Phi) is 6.93. The van der Waals surface area contributed by atoms with E-state index in [1.165, 1.54) is 0 Å². The Morgan fingerprint density at radius 3 is 2.81 bits per heavy atom. The molecule has 1 aromatic rings. The van der Waals surface area contributed by atoms with Crippen molar-refractivity contribution in [2.45, 2.75) is 31.4 Å². The first kappa shape index (κ1) is 16.7. The first-order valence-electron chi connectivity index (χ1n) is 7.65. The summed E-state index contributed by atoms with van der Waals surface area (Å²) in [6, 6.07) is 7.83. The van der Waals surface area contributed by atoms with Crippen LogP contribution in [0.4, 0.5) is 0 Å². The fraction of sp³-hybridized carbons (Fsp3) is 0.625. The third-order valence-corrected chi connectivity index (χ3v) is 4.25. The van der Waals surface area contributed by atoms with Gasteiger partial charge in [-0.25, -0.2) is 0 Å². The van der Waals surface area contributed by atoms with E-state index in [4.69, 9.17) is 27.2 Å². The normalized spacial score (nSPS) is 18.8. The van der Waals surface area contributed by atoms with Gasteiger partial charge in [0.05, 0.1) is 19.3 Å². The summed E-state index contributed by atoms with van der Waals surface area (Å²) in [7, 11) is 0. The molecule has 1 saturated heterocycles. The molecule has 5 heteroatoms. The third kappa shape index (κ3) is 5.57. The van der Waals surface area contributed by atoms with E-state index in [1.807, 2.05) is 24.3 Å². The molecule has 1 heterocycles. The smallest absolute Gasteiger partial charge is 0.0701 e. The van der Waals surface area contributed by atoms with Gasteiger partial charge in [0.1, 0.15) is 0 Å². The molecule has 1 atom stereocenters. The number of halogens is 1. The van der Waals surface area contributed by atoms with E-state index in [-0.39, 0.29) is 12.6 Å². The van der Waals surface area contributed by atoms with Crippen molar-refractivity contribution in [2.24, 2.45) is 5.73 Å². The van der Waals surface area contributed by atoms with Gasteiger partial charge in [-0.3, -0.25) is 0 Å². The molecule has 0 aliphatic carbocycles. The Balaban J connectivity index is 1.69. The maximum absolute atomic E-state index is 8.76. The molecule has 118 valence electrons. The number of ether oxygens (including phenoxy) is 1. The summed E-state index contributed by atoms with van der Waals surface area (Å²) in [5, 5.41) is 9.50. The summed E-state index contributed by atoms with van der Waals surface area (Å²) in [6.07, 6.45) is 3.30. The highest BCUT2D eigenvalue weighted by atomic mass is 35.5. The standard InChI is InChI=1S/C16H25ClN2O2/c17-14-3-1-2-13(12-14)16(18)6-9-19-7-4-15(5-8-19)21-11-10-20/h1-3,12,15-16,20H,4-11,18H2. The first-order valence-corrected chi connectivity index (χ1v) is 8.02. The van der Waals surface area contributed by atoms with Gasteiger partial charge in [0, 0.05) is 24.2 Å². The molecule has 0 saturated carbocycles. The Hall–Kier alpha value is -0.650. The van der Waals surface area contributed by atoms with E-state index < -0.39 is 0 Å². The van der Waals surface area contributed by atoms with Crippen LogP contribution in [0.15, 0.2) is 24.3 Å². The van der Waals surface area contributed by atoms with E-state index in [2.05, 4.69) is 4.90 Å². The molecule has 0 radical (unpaired) electrons. The lowest BCUT2D eigenvalue weighted by molar-refractivity contribution is -0.00802. The SMILES string of the molecule is NC(CCN1CCC(OCCO)CC1)c1cccc(Cl)c1. The van der Waals surface area contributed by atoms with E-state index in [9.17, 15) is 0 Å². The molecule has 1 aliphatic rings. The van der Waals surface area contributed by atoms with Crippen LogP contribution in [0, 0.1) is 0 Å². The minimum absolute atomic E-state index is 0.0343. The van der Waals surface area contributed by atoms with Gasteiger partial charge in [-0.1, -0.05) is 23.7 Å². The summed E-state index contributed by atoms with van der Waals surface area (Å²) in [5.74, 6) is 0. The second-order valence-corrected chi connectivity index (χ2v) is 6.02. The van der Waals surface area contributed by atoms with Crippen molar-refractivity contribution in [2.75, 3.05) is 32.8 Å². The average Bonchev–Trinajstić information content (AvgIpc) is 2.51. The van der Waals surface area contributed by atoms with Crippen LogP contribution < -0.4 is 5.73 Å². The largest absolute Gasteiger partial charge is 0.394 e. The van der Waals surface area contributed by atoms with Gasteiger partial charge in [0.25, 0.3) is 0 Å². The molecular formula is C16H25ClN2O2. The molecule has 0 bridgehead atoms. The van der Waals surface area contributed by atoms with Crippen LogP contribution in [-0.2, 0) is 4.74 Å². The lowest BCUT2D eigenvalue weighted by Crippen LogP contribution is -2.38. The quantitative estimate of drug-likeness (QED) is 0.810. The van der Waals surface area contributed by atoms with Crippen molar-refractivity contribution in [1.29, 1.82) is 0 Å². The number of hydrogen-bond acceptors (Lipinski definition) is 4. The van der Waals surface area contributed by atoms with Gasteiger partial charge in [-0.2, -0.15) is 0 Å². The highest BCUT2D eigenvalue weighted by Gasteiger charge is 2.20. The summed E-state index contributed by atoms with van der Waals surface area (Å²) in [5.41, 5.74) is 7.34. The molecule has 0 amide bonds. The molecule has 0 aromatic heterocycles. The molecule has 21 heavy (non-hydrogen) atoms. The summed E-state index contributed by atoms with van der Waals surface area (Å²) in [6.45, 7) is 3.64. The lowest BCUT2D eigenvalue weighted by Gasteiger charge is -2.32. The highest BCUT2D eigenvalue weighted by Crippen LogP contribution is 2.20. The molecule has 1 aromatic carbocycles. The first-order chi connectivity index (χ1) is 10.2. The second kappa shape index (κ2) is 8.71. The maximum atomic E-state index is 8.76. The van der Waals surface area contributed by atoms with Crippen molar-refractivity contribution < 1.29 is 9.84 Å². The van der Waals surface area contributed by atoms with Crippen LogP contribution in [0.2, 0.25) is 5.02 Å². The Bertz CT molecular complexity index is 422. The Morgan fingerprint density at radius 1 is 1.38 bits per heavy atom. The van der Waals surface area contributed by atoms with Gasteiger partial charge in [-0.05, 0) is 43.5 Å². The minimum Gasteiger partial charge on any atom is -0.394 e. The fourth-order valence-corrected chi connectivity index (χ4v) is 2.94. The summed E-state index contributed by atoms with van der Waals surface area (Å²) < 4.78 is 5.57.